The lowest BCUT2D eigenvalue weighted by molar-refractivity contribution is 0.0953. The number of hydrogen-bond acceptors (Lipinski definition) is 3. The van der Waals surface area contributed by atoms with Gasteiger partial charge in [0.2, 0.25) is 0 Å². The number of aryl methyl sites for hydroxylation is 1. The number of hydrogen-bond donors (Lipinski definition) is 1. The highest BCUT2D eigenvalue weighted by Crippen LogP contribution is 2.14. The average Bonchev–Trinajstić information content (AvgIpc) is 2.78. The minimum Gasteiger partial charge on any atom is -0.352 e. The number of carbonyl (C=O) groups excluding carboxylic acids is 1. The third kappa shape index (κ3) is 4.09. The fraction of sp³-hybridized carbons (Fsp3) is 0.125. The van der Waals surface area contributed by atoms with E-state index in [1.807, 2.05) is 30.3 Å². The molecule has 5 nitrogen and oxygen atoms in total. The van der Waals surface area contributed by atoms with Crippen LogP contribution in [0.3, 0.4) is 0 Å². The first-order valence-electron chi connectivity index (χ1n) is 9.62. The maximum Gasteiger partial charge on any atom is 0.265 e. The molecule has 1 amide bonds. The van der Waals surface area contributed by atoms with Gasteiger partial charge in [-0.05, 0) is 42.7 Å². The average molecular weight is 383 g/mol. The van der Waals surface area contributed by atoms with Crippen molar-refractivity contribution in [3.05, 3.63) is 107 Å². The van der Waals surface area contributed by atoms with Gasteiger partial charge in [-0.15, -0.1) is 0 Å². The third-order valence-corrected chi connectivity index (χ3v) is 4.84. The van der Waals surface area contributed by atoms with Gasteiger partial charge in [0.1, 0.15) is 6.33 Å². The van der Waals surface area contributed by atoms with Crippen LogP contribution < -0.4 is 10.9 Å². The molecule has 0 saturated heterocycles. The second kappa shape index (κ2) is 8.52. The topological polar surface area (TPSA) is 64.0 Å². The highest BCUT2D eigenvalue weighted by atomic mass is 16.2. The quantitative estimate of drug-likeness (QED) is 0.516. The standard InChI is InChI=1S/C24H21N3O2/c28-23(25-16-8-11-18-9-2-1-3-10-18)20-13-5-7-15-22(20)27-17-26-21-14-6-4-12-19(21)24(27)29/h1-7,9-10,12-15,17H,8,11,16H2,(H,25,28). The minimum absolute atomic E-state index is 0.195. The Morgan fingerprint density at radius 3 is 2.48 bits per heavy atom. The van der Waals surface area contributed by atoms with E-state index in [2.05, 4.69) is 22.4 Å². The first-order chi connectivity index (χ1) is 14.2. The number of aromatic nitrogens is 2. The summed E-state index contributed by atoms with van der Waals surface area (Å²) >= 11 is 0. The van der Waals surface area contributed by atoms with Crippen molar-refractivity contribution in [1.29, 1.82) is 0 Å². The van der Waals surface area contributed by atoms with Crippen LogP contribution in [0.2, 0.25) is 0 Å². The second-order valence-electron chi connectivity index (χ2n) is 6.80. The van der Waals surface area contributed by atoms with E-state index in [0.717, 1.165) is 12.8 Å². The van der Waals surface area contributed by atoms with E-state index in [9.17, 15) is 9.59 Å². The zero-order chi connectivity index (χ0) is 20.1. The molecule has 144 valence electrons. The summed E-state index contributed by atoms with van der Waals surface area (Å²) in [4.78, 5) is 30.0. The number of nitrogens with one attached hydrogen (secondary N) is 1. The van der Waals surface area contributed by atoms with Gasteiger partial charge in [-0.2, -0.15) is 0 Å². The van der Waals surface area contributed by atoms with Gasteiger partial charge < -0.3 is 5.32 Å². The van der Waals surface area contributed by atoms with Gasteiger partial charge in [-0.1, -0.05) is 54.6 Å². The molecule has 0 saturated carbocycles. The van der Waals surface area contributed by atoms with Crippen molar-refractivity contribution in [2.75, 3.05) is 6.54 Å². The Balaban J connectivity index is 1.53. The molecule has 4 rings (SSSR count). The van der Waals surface area contributed by atoms with Gasteiger partial charge in [0.15, 0.2) is 0 Å². The summed E-state index contributed by atoms with van der Waals surface area (Å²) in [6.07, 6.45) is 3.22. The van der Waals surface area contributed by atoms with Crippen LogP contribution in [0.5, 0.6) is 0 Å². The van der Waals surface area contributed by atoms with Gasteiger partial charge in [0, 0.05) is 6.54 Å². The van der Waals surface area contributed by atoms with Crippen molar-refractivity contribution < 1.29 is 4.79 Å². The predicted octanol–water partition coefficient (Wildman–Crippen LogP) is 3.75. The predicted molar refractivity (Wildman–Crippen MR) is 114 cm³/mol. The normalized spacial score (nSPS) is 10.8. The van der Waals surface area contributed by atoms with Crippen molar-refractivity contribution in [1.82, 2.24) is 14.9 Å². The number of benzene rings is 3. The molecule has 0 fully saturated rings. The van der Waals surface area contributed by atoms with E-state index in [1.165, 1.54) is 16.5 Å². The Kier molecular flexibility index (Phi) is 5.47. The fourth-order valence-corrected chi connectivity index (χ4v) is 3.35. The first kappa shape index (κ1) is 18.6. The molecule has 0 radical (unpaired) electrons. The molecule has 1 N–H and O–H groups in total. The Bertz CT molecular complexity index is 1200. The molecule has 29 heavy (non-hydrogen) atoms. The smallest absolute Gasteiger partial charge is 0.265 e. The number of para-hydroxylation sites is 2. The van der Waals surface area contributed by atoms with E-state index >= 15 is 0 Å². The van der Waals surface area contributed by atoms with Crippen molar-refractivity contribution in [3.63, 3.8) is 0 Å². The maximum absolute atomic E-state index is 12.9. The van der Waals surface area contributed by atoms with Crippen LogP contribution in [-0.4, -0.2) is 22.0 Å². The monoisotopic (exact) mass is 383 g/mol. The SMILES string of the molecule is O=C(NCCCc1ccccc1)c1ccccc1-n1cnc2ccccc2c1=O. The lowest BCUT2D eigenvalue weighted by atomic mass is 10.1. The van der Waals surface area contributed by atoms with E-state index in [0.29, 0.717) is 28.7 Å². The van der Waals surface area contributed by atoms with Crippen molar-refractivity contribution in [3.8, 4) is 5.69 Å². The van der Waals surface area contributed by atoms with Crippen LogP contribution in [-0.2, 0) is 6.42 Å². The van der Waals surface area contributed by atoms with Crippen molar-refractivity contribution in [2.24, 2.45) is 0 Å². The molecule has 0 bridgehead atoms. The number of carbonyl (C=O) groups is 1. The van der Waals surface area contributed by atoms with Crippen molar-refractivity contribution >= 4 is 16.8 Å². The number of amides is 1. The Hall–Kier alpha value is -3.73. The minimum atomic E-state index is -0.200. The molecular weight excluding hydrogens is 362 g/mol. The van der Waals surface area contributed by atoms with E-state index in [1.54, 1.807) is 36.4 Å². The summed E-state index contributed by atoms with van der Waals surface area (Å²) in [5.74, 6) is -0.200. The summed E-state index contributed by atoms with van der Waals surface area (Å²) < 4.78 is 1.43. The molecule has 5 heteroatoms. The van der Waals surface area contributed by atoms with E-state index in [-0.39, 0.29) is 11.5 Å². The zero-order valence-electron chi connectivity index (χ0n) is 15.9. The second-order valence-corrected chi connectivity index (χ2v) is 6.80. The van der Waals surface area contributed by atoms with Gasteiger partial charge in [-0.3, -0.25) is 14.2 Å². The highest BCUT2D eigenvalue weighted by Gasteiger charge is 2.14. The Morgan fingerprint density at radius 1 is 0.897 bits per heavy atom. The van der Waals surface area contributed by atoms with Gasteiger partial charge in [0.25, 0.3) is 11.5 Å². The molecule has 4 aromatic rings. The number of rotatable bonds is 6. The van der Waals surface area contributed by atoms with E-state index in [4.69, 9.17) is 0 Å². The Morgan fingerprint density at radius 2 is 1.62 bits per heavy atom. The lowest BCUT2D eigenvalue weighted by Gasteiger charge is -2.12. The molecule has 1 heterocycles. The van der Waals surface area contributed by atoms with Crippen LogP contribution in [0.15, 0.2) is 90.0 Å². The highest BCUT2D eigenvalue weighted by molar-refractivity contribution is 5.97. The summed E-state index contributed by atoms with van der Waals surface area (Å²) in [6.45, 7) is 0.562. The van der Waals surface area contributed by atoms with Crippen LogP contribution in [0.25, 0.3) is 16.6 Å². The van der Waals surface area contributed by atoms with Crippen molar-refractivity contribution in [2.45, 2.75) is 12.8 Å². The first-order valence-corrected chi connectivity index (χ1v) is 9.62. The summed E-state index contributed by atoms with van der Waals surface area (Å²) in [5.41, 5.74) is 2.66. The van der Waals surface area contributed by atoms with Gasteiger partial charge in [-0.25, -0.2) is 4.98 Å². The number of fused-ring (bicyclic) bond motifs is 1. The molecule has 0 aliphatic heterocycles. The summed E-state index contributed by atoms with van der Waals surface area (Å²) in [7, 11) is 0. The third-order valence-electron chi connectivity index (χ3n) is 4.84. The molecule has 0 spiro atoms. The summed E-state index contributed by atoms with van der Waals surface area (Å²) in [5, 5.41) is 3.48. The Labute approximate surface area is 168 Å². The van der Waals surface area contributed by atoms with Gasteiger partial charge in [0.05, 0.1) is 22.2 Å². The largest absolute Gasteiger partial charge is 0.352 e. The lowest BCUT2D eigenvalue weighted by Crippen LogP contribution is -2.28. The summed E-state index contributed by atoms with van der Waals surface area (Å²) in [6, 6.07) is 24.5. The van der Waals surface area contributed by atoms with Crippen LogP contribution in [0, 0.1) is 0 Å². The maximum atomic E-state index is 12.9. The van der Waals surface area contributed by atoms with E-state index < -0.39 is 0 Å². The molecule has 0 unspecified atom stereocenters. The number of nitrogens with zero attached hydrogens (tertiary/aromatic N) is 2. The molecule has 0 aliphatic carbocycles. The molecular formula is C24H21N3O2. The van der Waals surface area contributed by atoms with Crippen LogP contribution in [0.1, 0.15) is 22.3 Å². The molecule has 3 aromatic carbocycles. The zero-order valence-corrected chi connectivity index (χ0v) is 15.9. The van der Waals surface area contributed by atoms with Crippen LogP contribution in [0.4, 0.5) is 0 Å². The van der Waals surface area contributed by atoms with Crippen LogP contribution >= 0.6 is 0 Å². The van der Waals surface area contributed by atoms with Gasteiger partial charge >= 0.3 is 0 Å². The molecule has 0 aliphatic rings. The molecule has 0 atom stereocenters. The fourth-order valence-electron chi connectivity index (χ4n) is 3.35. The molecule has 1 aromatic heterocycles.